The maximum absolute atomic E-state index is 11.3. The van der Waals surface area contributed by atoms with Crippen molar-refractivity contribution in [3.05, 3.63) is 62.2 Å². The Kier molecular flexibility index (Phi) is 5.39. The first-order chi connectivity index (χ1) is 13.5. The van der Waals surface area contributed by atoms with Gasteiger partial charge in [-0.3, -0.25) is 10.1 Å². The monoisotopic (exact) mass is 404 g/mol. The first-order valence-corrected chi connectivity index (χ1v) is 9.74. The molecule has 0 aromatic heterocycles. The number of nitro benzene ring substituents is 1. The Morgan fingerprint density at radius 3 is 2.79 bits per heavy atom. The van der Waals surface area contributed by atoms with Gasteiger partial charge in [0.15, 0.2) is 6.79 Å². The SMILES string of the molecule is Cc1ccc(Cl)cc1N1CC[NH+](Cc2cc([N+](=O)[O-])cc3c2OCOC3)CC1. The van der Waals surface area contributed by atoms with Gasteiger partial charge >= 0.3 is 0 Å². The van der Waals surface area contributed by atoms with Crippen molar-refractivity contribution >= 4 is 23.0 Å². The molecule has 0 bridgehead atoms. The molecule has 0 saturated carbocycles. The molecule has 1 saturated heterocycles. The summed E-state index contributed by atoms with van der Waals surface area (Å²) in [4.78, 5) is 14.7. The fourth-order valence-corrected chi connectivity index (χ4v) is 4.12. The first-order valence-electron chi connectivity index (χ1n) is 9.36. The van der Waals surface area contributed by atoms with E-state index >= 15 is 0 Å². The van der Waals surface area contributed by atoms with Gasteiger partial charge in [-0.15, -0.1) is 0 Å². The van der Waals surface area contributed by atoms with Crippen LogP contribution in [0.2, 0.25) is 5.02 Å². The molecule has 0 aliphatic carbocycles. The lowest BCUT2D eigenvalue weighted by Crippen LogP contribution is -3.13. The van der Waals surface area contributed by atoms with Crippen LogP contribution in [0.25, 0.3) is 0 Å². The van der Waals surface area contributed by atoms with Crippen molar-refractivity contribution < 1.29 is 19.3 Å². The van der Waals surface area contributed by atoms with E-state index in [2.05, 4.69) is 11.8 Å². The number of fused-ring (bicyclic) bond motifs is 1. The molecule has 0 spiro atoms. The molecule has 0 atom stereocenters. The number of nitrogens with one attached hydrogen (secondary N) is 1. The molecule has 2 heterocycles. The molecule has 2 aromatic rings. The molecule has 7 nitrogen and oxygen atoms in total. The summed E-state index contributed by atoms with van der Waals surface area (Å²) in [5.74, 6) is 0.748. The summed E-state index contributed by atoms with van der Waals surface area (Å²) in [6.45, 7) is 7.05. The van der Waals surface area contributed by atoms with Crippen molar-refractivity contribution in [1.82, 2.24) is 0 Å². The van der Waals surface area contributed by atoms with Crippen LogP contribution in [0.4, 0.5) is 11.4 Å². The Balaban J connectivity index is 1.48. The standard InChI is InChI=1S/C20H22ClN3O4/c1-14-2-3-17(21)10-19(14)23-6-4-22(5-7-23)11-15-8-18(24(25)26)9-16-12-27-13-28-20(15)16/h2-3,8-10H,4-7,11-13H2,1H3/p+1. The van der Waals surface area contributed by atoms with E-state index in [0.717, 1.165) is 48.1 Å². The molecule has 2 aromatic carbocycles. The number of aryl methyl sites for hydroxylation is 1. The zero-order valence-electron chi connectivity index (χ0n) is 15.7. The van der Waals surface area contributed by atoms with Gasteiger partial charge in [-0.1, -0.05) is 17.7 Å². The summed E-state index contributed by atoms with van der Waals surface area (Å²) in [5, 5.41) is 12.0. The molecular formula is C20H23ClN3O4+. The second-order valence-corrected chi connectivity index (χ2v) is 7.74. The molecule has 2 aliphatic rings. The number of nitro groups is 1. The van der Waals surface area contributed by atoms with Crippen molar-refractivity contribution in [2.45, 2.75) is 20.1 Å². The van der Waals surface area contributed by atoms with Gasteiger partial charge in [-0.05, 0) is 24.6 Å². The van der Waals surface area contributed by atoms with E-state index in [1.165, 1.54) is 16.2 Å². The number of quaternary nitrogens is 1. The van der Waals surface area contributed by atoms with Crippen molar-refractivity contribution in [3.63, 3.8) is 0 Å². The summed E-state index contributed by atoms with van der Waals surface area (Å²) < 4.78 is 11.0. The van der Waals surface area contributed by atoms with Gasteiger partial charge in [0.2, 0.25) is 0 Å². The number of hydrogen-bond acceptors (Lipinski definition) is 5. The van der Waals surface area contributed by atoms with Crippen LogP contribution in [0.1, 0.15) is 16.7 Å². The number of rotatable bonds is 4. The van der Waals surface area contributed by atoms with E-state index in [4.69, 9.17) is 21.1 Å². The average molecular weight is 405 g/mol. The van der Waals surface area contributed by atoms with E-state index < -0.39 is 0 Å². The first kappa shape index (κ1) is 19.0. The van der Waals surface area contributed by atoms with Crippen LogP contribution in [-0.2, 0) is 17.9 Å². The van der Waals surface area contributed by atoms with Gasteiger partial charge in [0.1, 0.15) is 12.3 Å². The quantitative estimate of drug-likeness (QED) is 0.625. The lowest BCUT2D eigenvalue weighted by molar-refractivity contribution is -0.914. The number of benzene rings is 2. The van der Waals surface area contributed by atoms with Gasteiger partial charge < -0.3 is 19.3 Å². The summed E-state index contributed by atoms with van der Waals surface area (Å²) in [7, 11) is 0. The Morgan fingerprint density at radius 2 is 2.04 bits per heavy atom. The third kappa shape index (κ3) is 3.92. The molecule has 1 N–H and O–H groups in total. The molecule has 0 amide bonds. The van der Waals surface area contributed by atoms with Crippen molar-refractivity contribution in [1.29, 1.82) is 0 Å². The fourth-order valence-electron chi connectivity index (χ4n) is 3.95. The number of anilines is 1. The van der Waals surface area contributed by atoms with Crippen LogP contribution in [0.5, 0.6) is 5.75 Å². The molecule has 2 aliphatic heterocycles. The van der Waals surface area contributed by atoms with Crippen LogP contribution >= 0.6 is 11.6 Å². The molecule has 28 heavy (non-hydrogen) atoms. The summed E-state index contributed by atoms with van der Waals surface area (Å²) >= 11 is 6.17. The smallest absolute Gasteiger partial charge is 0.270 e. The molecule has 148 valence electrons. The van der Waals surface area contributed by atoms with E-state index in [9.17, 15) is 10.1 Å². The van der Waals surface area contributed by atoms with E-state index in [-0.39, 0.29) is 17.4 Å². The van der Waals surface area contributed by atoms with Crippen LogP contribution in [-0.4, -0.2) is 37.9 Å². The lowest BCUT2D eigenvalue weighted by Gasteiger charge is -2.35. The minimum atomic E-state index is -0.354. The van der Waals surface area contributed by atoms with Crippen LogP contribution in [0.15, 0.2) is 30.3 Å². The molecule has 1 fully saturated rings. The molecule has 0 radical (unpaired) electrons. The lowest BCUT2D eigenvalue weighted by atomic mass is 10.1. The third-order valence-corrected chi connectivity index (χ3v) is 5.64. The van der Waals surface area contributed by atoms with Gasteiger partial charge in [0, 0.05) is 28.4 Å². The van der Waals surface area contributed by atoms with Crippen molar-refractivity contribution in [3.8, 4) is 5.75 Å². The van der Waals surface area contributed by atoms with Gasteiger partial charge in [0.25, 0.3) is 5.69 Å². The summed E-state index contributed by atoms with van der Waals surface area (Å²) in [6, 6.07) is 9.17. The number of non-ortho nitro benzene ring substituents is 1. The molecular weight excluding hydrogens is 382 g/mol. The minimum Gasteiger partial charge on any atom is -0.467 e. The summed E-state index contributed by atoms with van der Waals surface area (Å²) in [6.07, 6.45) is 0. The molecule has 0 unspecified atom stereocenters. The third-order valence-electron chi connectivity index (χ3n) is 5.41. The Hall–Kier alpha value is -2.35. The Bertz CT molecular complexity index is 897. The average Bonchev–Trinajstić information content (AvgIpc) is 2.70. The topological polar surface area (TPSA) is 69.3 Å². The normalized spacial score (nSPS) is 17.1. The van der Waals surface area contributed by atoms with Crippen molar-refractivity contribution in [2.24, 2.45) is 0 Å². The van der Waals surface area contributed by atoms with Crippen LogP contribution < -0.4 is 14.5 Å². The number of ether oxygens (including phenoxy) is 2. The van der Waals surface area contributed by atoms with Crippen LogP contribution in [0.3, 0.4) is 0 Å². The van der Waals surface area contributed by atoms with E-state index in [0.29, 0.717) is 13.2 Å². The number of halogens is 1. The number of nitrogens with zero attached hydrogens (tertiary/aromatic N) is 2. The maximum atomic E-state index is 11.3. The van der Waals surface area contributed by atoms with Gasteiger partial charge in [-0.25, -0.2) is 0 Å². The fraction of sp³-hybridized carbons (Fsp3) is 0.400. The highest BCUT2D eigenvalue weighted by molar-refractivity contribution is 6.30. The zero-order valence-corrected chi connectivity index (χ0v) is 16.5. The zero-order chi connectivity index (χ0) is 19.7. The van der Waals surface area contributed by atoms with Gasteiger partial charge in [-0.2, -0.15) is 0 Å². The highest BCUT2D eigenvalue weighted by Crippen LogP contribution is 2.32. The largest absolute Gasteiger partial charge is 0.467 e. The second kappa shape index (κ2) is 7.95. The van der Waals surface area contributed by atoms with E-state index in [1.54, 1.807) is 12.1 Å². The highest BCUT2D eigenvalue weighted by atomic mass is 35.5. The minimum absolute atomic E-state index is 0.0930. The molecule has 4 rings (SSSR count). The van der Waals surface area contributed by atoms with Crippen molar-refractivity contribution in [2.75, 3.05) is 37.9 Å². The highest BCUT2D eigenvalue weighted by Gasteiger charge is 2.26. The van der Waals surface area contributed by atoms with Crippen LogP contribution in [0, 0.1) is 17.0 Å². The Morgan fingerprint density at radius 1 is 1.25 bits per heavy atom. The van der Waals surface area contributed by atoms with Gasteiger partial charge in [0.05, 0.1) is 43.3 Å². The van der Waals surface area contributed by atoms with E-state index in [1.807, 2.05) is 18.2 Å². The predicted molar refractivity (Wildman–Crippen MR) is 106 cm³/mol. The number of hydrogen-bond donors (Lipinski definition) is 1. The molecule has 8 heteroatoms. The summed E-state index contributed by atoms with van der Waals surface area (Å²) in [5.41, 5.74) is 4.13. The Labute approximate surface area is 168 Å². The predicted octanol–water partition coefficient (Wildman–Crippen LogP) is 2.33. The number of piperazine rings is 1. The maximum Gasteiger partial charge on any atom is 0.270 e. The second-order valence-electron chi connectivity index (χ2n) is 7.31.